The van der Waals surface area contributed by atoms with E-state index in [1.54, 1.807) is 14.2 Å². The Morgan fingerprint density at radius 1 is 0.946 bits per heavy atom. The highest BCUT2D eigenvalue weighted by atomic mass is 16.5. The fourth-order valence-corrected chi connectivity index (χ4v) is 3.82. The summed E-state index contributed by atoms with van der Waals surface area (Å²) < 4.78 is 24.1. The van der Waals surface area contributed by atoms with Crippen LogP contribution >= 0.6 is 0 Å². The number of hydrogen-bond donors (Lipinski definition) is 2. The van der Waals surface area contributed by atoms with Crippen LogP contribution < -0.4 is 20.1 Å². The summed E-state index contributed by atoms with van der Waals surface area (Å²) in [7, 11) is 3.26. The first-order valence-corrected chi connectivity index (χ1v) is 12.7. The van der Waals surface area contributed by atoms with Gasteiger partial charge in [-0.25, -0.2) is 4.98 Å². The van der Waals surface area contributed by atoms with Crippen molar-refractivity contribution in [3.63, 3.8) is 0 Å². The van der Waals surface area contributed by atoms with Gasteiger partial charge in [0, 0.05) is 45.9 Å². The number of hydrogen-bond acceptors (Lipinski definition) is 9. The van der Waals surface area contributed by atoms with E-state index >= 15 is 0 Å². The first kappa shape index (κ1) is 28.4. The minimum Gasteiger partial charge on any atom is -0.487 e. The molecule has 0 fully saturated rings. The van der Waals surface area contributed by atoms with Crippen molar-refractivity contribution >= 4 is 28.4 Å². The molecule has 1 amide bonds. The molecule has 0 saturated carbocycles. The lowest BCUT2D eigenvalue weighted by molar-refractivity contribution is -0.122. The largest absolute Gasteiger partial charge is 0.487 e. The lowest BCUT2D eigenvalue weighted by Gasteiger charge is -2.17. The third kappa shape index (κ3) is 8.16. The standard InChI is InChI=1S/C26H40N6O5/c1-18-30-31-25-24(28-10-8-7-9-27-23(33)17-26(2,3)4)29-19-15-21(36-13-11-34-5)22(37-14-12-35-6)16-20(19)32(18)25/h15-16H,7-14,17H2,1-6H3,(H,27,33)(H,28,29). The number of carbonyl (C=O) groups excluding carboxylic acids is 1. The average Bonchev–Trinajstić information content (AvgIpc) is 3.22. The first-order valence-electron chi connectivity index (χ1n) is 12.7. The summed E-state index contributed by atoms with van der Waals surface area (Å²) in [5.41, 5.74) is 2.16. The molecule has 11 nitrogen and oxygen atoms in total. The predicted octanol–water partition coefficient (Wildman–Crippen LogP) is 3.38. The van der Waals surface area contributed by atoms with E-state index < -0.39 is 0 Å². The number of benzene rings is 1. The zero-order chi connectivity index (χ0) is 26.8. The summed E-state index contributed by atoms with van der Waals surface area (Å²) >= 11 is 0. The van der Waals surface area contributed by atoms with E-state index in [-0.39, 0.29) is 11.3 Å². The molecule has 0 spiro atoms. The van der Waals surface area contributed by atoms with Crippen molar-refractivity contribution in [3.8, 4) is 11.5 Å². The summed E-state index contributed by atoms with van der Waals surface area (Å²) in [6, 6.07) is 3.76. The van der Waals surface area contributed by atoms with Crippen molar-refractivity contribution in [1.29, 1.82) is 0 Å². The zero-order valence-corrected chi connectivity index (χ0v) is 22.8. The van der Waals surface area contributed by atoms with Crippen molar-refractivity contribution in [1.82, 2.24) is 24.9 Å². The molecule has 11 heteroatoms. The Kier molecular flexibility index (Phi) is 10.3. The summed E-state index contributed by atoms with van der Waals surface area (Å²) in [5, 5.41) is 15.0. The van der Waals surface area contributed by atoms with E-state index in [1.807, 2.05) is 23.5 Å². The van der Waals surface area contributed by atoms with E-state index in [0.29, 0.717) is 68.9 Å². The maximum atomic E-state index is 12.0. The molecule has 37 heavy (non-hydrogen) atoms. The van der Waals surface area contributed by atoms with E-state index in [0.717, 1.165) is 29.7 Å². The van der Waals surface area contributed by atoms with E-state index in [9.17, 15) is 4.79 Å². The molecule has 2 heterocycles. The van der Waals surface area contributed by atoms with Crippen LogP contribution in [0.2, 0.25) is 0 Å². The van der Waals surface area contributed by atoms with Crippen molar-refractivity contribution < 1.29 is 23.7 Å². The number of aromatic nitrogens is 4. The van der Waals surface area contributed by atoms with Gasteiger partial charge < -0.3 is 29.6 Å². The summed E-state index contributed by atoms with van der Waals surface area (Å²) in [6.45, 7) is 11.1. The fourth-order valence-electron chi connectivity index (χ4n) is 3.82. The molecule has 3 aromatic rings. The highest BCUT2D eigenvalue weighted by Gasteiger charge is 2.18. The zero-order valence-electron chi connectivity index (χ0n) is 22.8. The molecular weight excluding hydrogens is 476 g/mol. The molecular formula is C26H40N6O5. The quantitative estimate of drug-likeness (QED) is 0.293. The van der Waals surface area contributed by atoms with Crippen LogP contribution in [0.4, 0.5) is 5.82 Å². The normalized spacial score (nSPS) is 11.7. The highest BCUT2D eigenvalue weighted by Crippen LogP contribution is 2.34. The molecule has 0 aliphatic carbocycles. The van der Waals surface area contributed by atoms with Gasteiger partial charge in [0.25, 0.3) is 0 Å². The van der Waals surface area contributed by atoms with Crippen molar-refractivity contribution in [2.24, 2.45) is 5.41 Å². The number of ether oxygens (including phenoxy) is 4. The number of anilines is 1. The van der Waals surface area contributed by atoms with Gasteiger partial charge in [0.1, 0.15) is 19.0 Å². The molecule has 2 N–H and O–H groups in total. The second-order valence-corrected chi connectivity index (χ2v) is 10.1. The van der Waals surface area contributed by atoms with Gasteiger partial charge in [0.05, 0.1) is 24.2 Å². The Morgan fingerprint density at radius 2 is 1.59 bits per heavy atom. The Balaban J connectivity index is 1.75. The lowest BCUT2D eigenvalue weighted by atomic mass is 9.92. The van der Waals surface area contributed by atoms with E-state index in [2.05, 4.69) is 41.6 Å². The third-order valence-electron chi connectivity index (χ3n) is 5.55. The minimum absolute atomic E-state index is 0.0133. The fraction of sp³-hybridized carbons (Fsp3) is 0.615. The van der Waals surface area contributed by atoms with Gasteiger partial charge in [0.2, 0.25) is 11.6 Å². The smallest absolute Gasteiger partial charge is 0.220 e. The number of nitrogens with zero attached hydrogens (tertiary/aromatic N) is 4. The Bertz CT molecular complexity index is 1170. The van der Waals surface area contributed by atoms with Crippen molar-refractivity contribution in [2.45, 2.75) is 47.0 Å². The maximum Gasteiger partial charge on any atom is 0.220 e. The maximum absolute atomic E-state index is 12.0. The number of nitrogens with one attached hydrogen (secondary N) is 2. The predicted molar refractivity (Wildman–Crippen MR) is 143 cm³/mol. The summed E-state index contributed by atoms with van der Waals surface area (Å²) in [4.78, 5) is 16.8. The monoisotopic (exact) mass is 516 g/mol. The molecule has 0 saturated heterocycles. The molecule has 0 radical (unpaired) electrons. The van der Waals surface area contributed by atoms with Crippen LogP contribution in [-0.2, 0) is 14.3 Å². The number of amides is 1. The lowest BCUT2D eigenvalue weighted by Crippen LogP contribution is -2.28. The van der Waals surface area contributed by atoms with Crippen LogP contribution in [0.5, 0.6) is 11.5 Å². The number of unbranched alkanes of at least 4 members (excludes halogenated alkanes) is 1. The third-order valence-corrected chi connectivity index (χ3v) is 5.55. The number of rotatable bonds is 15. The SMILES string of the molecule is COCCOc1cc2nc(NCCCCNC(=O)CC(C)(C)C)c3nnc(C)n3c2cc1OCCOC. The minimum atomic E-state index is -0.0133. The Labute approximate surface area is 218 Å². The highest BCUT2D eigenvalue weighted by molar-refractivity contribution is 5.86. The summed E-state index contributed by atoms with van der Waals surface area (Å²) in [5.74, 6) is 2.64. The van der Waals surface area contributed by atoms with E-state index in [1.165, 1.54) is 0 Å². The van der Waals surface area contributed by atoms with Gasteiger partial charge in [-0.3, -0.25) is 9.20 Å². The van der Waals surface area contributed by atoms with Gasteiger partial charge in [0.15, 0.2) is 17.3 Å². The summed E-state index contributed by atoms with van der Waals surface area (Å²) in [6.07, 6.45) is 2.25. The van der Waals surface area contributed by atoms with Crippen LogP contribution in [0.15, 0.2) is 12.1 Å². The number of carbonyl (C=O) groups is 1. The van der Waals surface area contributed by atoms with Crippen molar-refractivity contribution in [2.75, 3.05) is 59.1 Å². The average molecular weight is 517 g/mol. The first-order chi connectivity index (χ1) is 17.7. The van der Waals surface area contributed by atoms with Gasteiger partial charge in [-0.05, 0) is 25.2 Å². The molecule has 1 aromatic carbocycles. The molecule has 0 bridgehead atoms. The van der Waals surface area contributed by atoms with Gasteiger partial charge in [-0.2, -0.15) is 0 Å². The van der Waals surface area contributed by atoms with Gasteiger partial charge in [-0.15, -0.1) is 10.2 Å². The van der Waals surface area contributed by atoms with Crippen LogP contribution in [0.25, 0.3) is 16.7 Å². The van der Waals surface area contributed by atoms with Crippen LogP contribution in [0.3, 0.4) is 0 Å². The molecule has 204 valence electrons. The number of methoxy groups -OCH3 is 2. The molecule has 0 aliphatic heterocycles. The van der Waals surface area contributed by atoms with Gasteiger partial charge in [-0.1, -0.05) is 20.8 Å². The Hall–Kier alpha value is -3.18. The molecule has 0 aliphatic rings. The van der Waals surface area contributed by atoms with Crippen LogP contribution in [-0.4, -0.2) is 79.2 Å². The van der Waals surface area contributed by atoms with Gasteiger partial charge >= 0.3 is 0 Å². The molecule has 2 aromatic heterocycles. The molecule has 0 atom stereocenters. The molecule has 0 unspecified atom stereocenters. The topological polar surface area (TPSA) is 121 Å². The second kappa shape index (κ2) is 13.4. The number of fused-ring (bicyclic) bond motifs is 3. The van der Waals surface area contributed by atoms with Crippen LogP contribution in [0.1, 0.15) is 45.9 Å². The second-order valence-electron chi connectivity index (χ2n) is 10.1. The van der Waals surface area contributed by atoms with Crippen molar-refractivity contribution in [3.05, 3.63) is 18.0 Å². The Morgan fingerprint density at radius 3 is 2.24 bits per heavy atom. The van der Waals surface area contributed by atoms with Crippen LogP contribution in [0, 0.1) is 12.3 Å². The van der Waals surface area contributed by atoms with E-state index in [4.69, 9.17) is 23.9 Å². The molecule has 3 rings (SSSR count). The number of aryl methyl sites for hydroxylation is 1.